The predicted octanol–water partition coefficient (Wildman–Crippen LogP) is 1.69. The summed E-state index contributed by atoms with van der Waals surface area (Å²) in [4.78, 5) is 11.6. The lowest BCUT2D eigenvalue weighted by molar-refractivity contribution is -0.139. The van der Waals surface area contributed by atoms with E-state index in [1.807, 2.05) is 18.3 Å². The first-order valence-corrected chi connectivity index (χ1v) is 6.87. The number of hydrogen-bond donors (Lipinski definition) is 1. The Morgan fingerprint density at radius 2 is 2.14 bits per heavy atom. The molecule has 0 radical (unpaired) electrons. The minimum atomic E-state index is -0.294. The number of carbonyl (C=O) groups excluding carboxylic acids is 1. The fourth-order valence-electron chi connectivity index (χ4n) is 3.04. The molecule has 0 spiro atoms. The van der Waals surface area contributed by atoms with E-state index in [-0.39, 0.29) is 12.4 Å². The maximum absolute atomic E-state index is 11.6. The quantitative estimate of drug-likeness (QED) is 0.689. The van der Waals surface area contributed by atoms with E-state index in [1.54, 1.807) is 7.11 Å². The Kier molecular flexibility index (Phi) is 3.33. The molecule has 21 heavy (non-hydrogen) atoms. The van der Waals surface area contributed by atoms with Crippen molar-refractivity contribution in [2.45, 2.75) is 19.3 Å². The van der Waals surface area contributed by atoms with Gasteiger partial charge in [0.15, 0.2) is 0 Å². The highest BCUT2D eigenvalue weighted by molar-refractivity contribution is 5.82. The highest BCUT2D eigenvalue weighted by atomic mass is 16.5. The molecule has 0 fully saturated rings. The number of esters is 1. The molecule has 5 nitrogen and oxygen atoms in total. The molecule has 3 rings (SSSR count). The van der Waals surface area contributed by atoms with Gasteiger partial charge in [-0.2, -0.15) is 0 Å². The summed E-state index contributed by atoms with van der Waals surface area (Å²) < 4.78 is 11.8. The fraction of sp³-hybridized carbons (Fsp3) is 0.312. The Bertz CT molecular complexity index is 704. The minimum Gasteiger partial charge on any atom is -0.496 e. The van der Waals surface area contributed by atoms with E-state index >= 15 is 0 Å². The highest BCUT2D eigenvalue weighted by Crippen LogP contribution is 2.40. The van der Waals surface area contributed by atoms with Gasteiger partial charge in [-0.15, -0.1) is 0 Å². The van der Waals surface area contributed by atoms with Crippen molar-refractivity contribution in [1.82, 2.24) is 4.68 Å². The van der Waals surface area contributed by atoms with E-state index in [0.29, 0.717) is 0 Å². The topological polar surface area (TPSA) is 66.5 Å². The third-order valence-corrected chi connectivity index (χ3v) is 4.02. The zero-order chi connectivity index (χ0) is 15.0. The van der Waals surface area contributed by atoms with Gasteiger partial charge >= 0.3 is 5.97 Å². The van der Waals surface area contributed by atoms with Crippen LogP contribution < -0.4 is 10.6 Å². The summed E-state index contributed by atoms with van der Waals surface area (Å²) >= 11 is 0. The Hall–Kier alpha value is -2.43. The number of hydrogen-bond acceptors (Lipinski definition) is 4. The molecule has 0 atom stereocenters. The monoisotopic (exact) mass is 286 g/mol. The maximum atomic E-state index is 11.6. The molecular formula is C16H18N2O3. The van der Waals surface area contributed by atoms with Crippen molar-refractivity contribution < 1.29 is 14.3 Å². The third kappa shape index (κ3) is 2.14. The molecule has 0 unspecified atom stereocenters. The number of fused-ring (bicyclic) bond motifs is 3. The van der Waals surface area contributed by atoms with E-state index in [0.717, 1.165) is 41.0 Å². The SMILES string of the molecule is COC(=O)Cc1c2c(cn1N)CCc1c(OC)cccc1-2. The Labute approximate surface area is 123 Å². The van der Waals surface area contributed by atoms with Crippen molar-refractivity contribution in [2.24, 2.45) is 0 Å². The van der Waals surface area contributed by atoms with Crippen LogP contribution in [0.1, 0.15) is 16.8 Å². The molecule has 110 valence electrons. The van der Waals surface area contributed by atoms with Gasteiger partial charge in [0.2, 0.25) is 0 Å². The number of carbonyl (C=O) groups is 1. The van der Waals surface area contributed by atoms with E-state index in [1.165, 1.54) is 17.3 Å². The summed E-state index contributed by atoms with van der Waals surface area (Å²) in [6.45, 7) is 0. The third-order valence-electron chi connectivity index (χ3n) is 4.02. The molecular weight excluding hydrogens is 268 g/mol. The van der Waals surface area contributed by atoms with Crippen molar-refractivity contribution in [2.75, 3.05) is 20.1 Å². The number of methoxy groups -OCH3 is 2. The van der Waals surface area contributed by atoms with E-state index in [9.17, 15) is 4.79 Å². The maximum Gasteiger partial charge on any atom is 0.311 e. The van der Waals surface area contributed by atoms with Crippen LogP contribution in [0, 0.1) is 0 Å². The van der Waals surface area contributed by atoms with Gasteiger partial charge in [0.05, 0.1) is 26.3 Å². The lowest BCUT2D eigenvalue weighted by atomic mass is 9.86. The van der Waals surface area contributed by atoms with Crippen molar-refractivity contribution in [3.8, 4) is 16.9 Å². The van der Waals surface area contributed by atoms with E-state index < -0.39 is 0 Å². The van der Waals surface area contributed by atoms with Crippen molar-refractivity contribution in [3.05, 3.63) is 41.2 Å². The molecule has 0 aliphatic heterocycles. The van der Waals surface area contributed by atoms with Gasteiger partial charge in [0.1, 0.15) is 5.75 Å². The Morgan fingerprint density at radius 1 is 1.33 bits per heavy atom. The van der Waals surface area contributed by atoms with Crippen LogP contribution in [-0.2, 0) is 28.8 Å². The average molecular weight is 286 g/mol. The minimum absolute atomic E-state index is 0.166. The second kappa shape index (κ2) is 5.16. The van der Waals surface area contributed by atoms with Gasteiger partial charge in [0.25, 0.3) is 0 Å². The standard InChI is InChI=1S/C16H18N2O3/c1-20-14-5-3-4-12-11(14)7-6-10-9-18(17)13(16(10)12)8-15(19)21-2/h3-5,9H,6-8,17H2,1-2H3. The molecule has 2 N–H and O–H groups in total. The van der Waals surface area contributed by atoms with Crippen LogP contribution in [0.2, 0.25) is 0 Å². The number of nitrogens with two attached hydrogens (primary N) is 1. The molecule has 1 heterocycles. The predicted molar refractivity (Wildman–Crippen MR) is 79.7 cm³/mol. The van der Waals surface area contributed by atoms with Crippen molar-refractivity contribution >= 4 is 5.97 Å². The van der Waals surface area contributed by atoms with Crippen LogP contribution >= 0.6 is 0 Å². The zero-order valence-corrected chi connectivity index (χ0v) is 12.2. The molecule has 2 aromatic rings. The molecule has 0 saturated heterocycles. The van der Waals surface area contributed by atoms with Gasteiger partial charge in [-0.1, -0.05) is 12.1 Å². The number of ether oxygens (including phenoxy) is 2. The molecule has 5 heteroatoms. The van der Waals surface area contributed by atoms with Crippen LogP contribution in [0.3, 0.4) is 0 Å². The van der Waals surface area contributed by atoms with Gasteiger partial charge in [0, 0.05) is 17.3 Å². The highest BCUT2D eigenvalue weighted by Gasteiger charge is 2.26. The van der Waals surface area contributed by atoms with Crippen LogP contribution in [0.5, 0.6) is 5.75 Å². The smallest absolute Gasteiger partial charge is 0.311 e. The van der Waals surface area contributed by atoms with Crippen LogP contribution in [0.4, 0.5) is 0 Å². The summed E-state index contributed by atoms with van der Waals surface area (Å²) in [6, 6.07) is 5.97. The van der Waals surface area contributed by atoms with Gasteiger partial charge in [-0.3, -0.25) is 9.47 Å². The molecule has 0 bridgehead atoms. The van der Waals surface area contributed by atoms with Gasteiger partial charge in [-0.25, -0.2) is 0 Å². The largest absolute Gasteiger partial charge is 0.496 e. The first-order valence-electron chi connectivity index (χ1n) is 6.87. The molecule has 1 aliphatic rings. The number of aryl methyl sites for hydroxylation is 1. The summed E-state index contributed by atoms with van der Waals surface area (Å²) in [5, 5.41) is 0. The summed E-state index contributed by atoms with van der Waals surface area (Å²) in [7, 11) is 3.06. The zero-order valence-electron chi connectivity index (χ0n) is 12.2. The summed E-state index contributed by atoms with van der Waals surface area (Å²) in [6.07, 6.45) is 3.87. The average Bonchev–Trinajstić information content (AvgIpc) is 2.82. The lowest BCUT2D eigenvalue weighted by Crippen LogP contribution is -2.16. The van der Waals surface area contributed by atoms with Gasteiger partial charge in [-0.05, 0) is 30.0 Å². The number of nitrogens with zero attached hydrogens (tertiary/aromatic N) is 1. The number of benzene rings is 1. The first-order chi connectivity index (χ1) is 10.2. The summed E-state index contributed by atoms with van der Waals surface area (Å²) in [5.41, 5.74) is 5.26. The lowest BCUT2D eigenvalue weighted by Gasteiger charge is -2.20. The number of rotatable bonds is 3. The normalized spacial score (nSPS) is 12.5. The molecule has 0 saturated carbocycles. The Balaban J connectivity index is 2.16. The molecule has 1 aromatic carbocycles. The van der Waals surface area contributed by atoms with Crippen LogP contribution in [-0.4, -0.2) is 24.9 Å². The number of nitrogen functional groups attached to an aromatic ring is 1. The molecule has 1 aliphatic carbocycles. The van der Waals surface area contributed by atoms with Gasteiger partial charge < -0.3 is 15.3 Å². The second-order valence-corrected chi connectivity index (χ2v) is 5.12. The molecule has 0 amide bonds. The molecule has 1 aromatic heterocycles. The Morgan fingerprint density at radius 3 is 2.86 bits per heavy atom. The van der Waals surface area contributed by atoms with E-state index in [2.05, 4.69) is 6.07 Å². The van der Waals surface area contributed by atoms with Crippen molar-refractivity contribution in [1.29, 1.82) is 0 Å². The number of aromatic nitrogens is 1. The first kappa shape index (κ1) is 13.5. The van der Waals surface area contributed by atoms with E-state index in [4.69, 9.17) is 15.3 Å². The van der Waals surface area contributed by atoms with Crippen LogP contribution in [0.15, 0.2) is 24.4 Å². The van der Waals surface area contributed by atoms with Crippen LogP contribution in [0.25, 0.3) is 11.1 Å². The summed E-state index contributed by atoms with van der Waals surface area (Å²) in [5.74, 6) is 6.62. The van der Waals surface area contributed by atoms with Crippen molar-refractivity contribution in [3.63, 3.8) is 0 Å². The second-order valence-electron chi connectivity index (χ2n) is 5.12. The fourth-order valence-corrected chi connectivity index (χ4v) is 3.04.